The third-order valence-electron chi connectivity index (χ3n) is 6.70. The van der Waals surface area contributed by atoms with Crippen molar-refractivity contribution in [1.82, 2.24) is 10.2 Å². The fourth-order valence-electron chi connectivity index (χ4n) is 4.43. The maximum absolute atomic E-state index is 13.4. The highest BCUT2D eigenvalue weighted by atomic mass is 32.2. The molecule has 42 heavy (non-hydrogen) atoms. The van der Waals surface area contributed by atoms with Gasteiger partial charge in [-0.1, -0.05) is 36.4 Å². The van der Waals surface area contributed by atoms with Gasteiger partial charge in [-0.3, -0.25) is 24.6 Å². The van der Waals surface area contributed by atoms with Gasteiger partial charge in [0.15, 0.2) is 6.61 Å². The lowest BCUT2D eigenvalue weighted by atomic mass is 10.1. The first-order chi connectivity index (χ1) is 20.3. The first-order valence-electron chi connectivity index (χ1n) is 13.0. The predicted molar refractivity (Wildman–Crippen MR) is 156 cm³/mol. The van der Waals surface area contributed by atoms with Crippen LogP contribution in [-0.4, -0.2) is 70.4 Å². The summed E-state index contributed by atoms with van der Waals surface area (Å²) in [5, 5.41) is 13.1. The van der Waals surface area contributed by atoms with E-state index in [9.17, 15) is 24.5 Å². The number of rotatable bonds is 9. The van der Waals surface area contributed by atoms with E-state index in [0.29, 0.717) is 22.9 Å². The van der Waals surface area contributed by atoms with Crippen molar-refractivity contribution in [2.24, 2.45) is 4.99 Å². The van der Waals surface area contributed by atoms with Gasteiger partial charge in [0.1, 0.15) is 29.6 Å². The molecule has 0 unspecified atom stereocenters. The second-order valence-corrected chi connectivity index (χ2v) is 10.5. The summed E-state index contributed by atoms with van der Waals surface area (Å²) in [7, 11) is 1.82. The van der Waals surface area contributed by atoms with Crippen LogP contribution in [0.5, 0.6) is 5.75 Å². The summed E-state index contributed by atoms with van der Waals surface area (Å²) in [5.41, 5.74) is 1.30. The van der Waals surface area contributed by atoms with Gasteiger partial charge in [0.25, 0.3) is 17.5 Å². The second-order valence-electron chi connectivity index (χ2n) is 9.44. The van der Waals surface area contributed by atoms with Crippen LogP contribution in [0.2, 0.25) is 0 Å². The number of benzene rings is 3. The standard InChI is InChI=1S/C29H27N5O7S/c1-32(20-8-4-2-5-9-20)23-18-42-28-25(31-24(35)17-40-22-10-6-3-7-11-22)27(36)33(28)26(30-23)29(37)41-16-19-12-14-21(15-13-19)34(38)39/h2-15,25-26,28H,16-18H2,1H3,(H,31,35)/t25-,26+,28-/m0/s1. The van der Waals surface area contributed by atoms with Gasteiger partial charge in [0.05, 0.1) is 10.7 Å². The van der Waals surface area contributed by atoms with Crippen LogP contribution in [0.4, 0.5) is 11.4 Å². The van der Waals surface area contributed by atoms with Crippen LogP contribution in [-0.2, 0) is 25.7 Å². The topological polar surface area (TPSA) is 144 Å². The summed E-state index contributed by atoms with van der Waals surface area (Å²) in [6.45, 7) is -0.437. The molecular weight excluding hydrogens is 562 g/mol. The molecule has 3 aromatic carbocycles. The molecule has 0 radical (unpaired) electrons. The quantitative estimate of drug-likeness (QED) is 0.172. The summed E-state index contributed by atoms with van der Waals surface area (Å²) in [5.74, 6) is -0.269. The largest absolute Gasteiger partial charge is 0.484 e. The Labute approximate surface area is 245 Å². The molecule has 0 bridgehead atoms. The number of non-ortho nitro benzene ring substituents is 1. The zero-order chi connectivity index (χ0) is 29.6. The van der Waals surface area contributed by atoms with E-state index in [2.05, 4.69) is 10.3 Å². The molecule has 1 saturated heterocycles. The summed E-state index contributed by atoms with van der Waals surface area (Å²) < 4.78 is 11.0. The number of nitro groups is 1. The van der Waals surface area contributed by atoms with Gasteiger partial charge in [-0.05, 0) is 42.0 Å². The number of anilines is 1. The molecular formula is C29H27N5O7S. The zero-order valence-electron chi connectivity index (χ0n) is 22.5. The number of aliphatic imine (C=N–C) groups is 1. The normalized spacial score (nSPS) is 19.4. The Morgan fingerprint density at radius 1 is 1.07 bits per heavy atom. The number of β-lactam (4-membered cyclic amide) rings is 1. The molecule has 0 aliphatic carbocycles. The first-order valence-corrected chi connectivity index (χ1v) is 14.0. The molecule has 0 spiro atoms. The molecule has 216 valence electrons. The number of nitrogens with zero attached hydrogens (tertiary/aromatic N) is 4. The molecule has 2 aliphatic heterocycles. The van der Waals surface area contributed by atoms with E-state index < -0.39 is 40.3 Å². The van der Waals surface area contributed by atoms with Crippen LogP contribution < -0.4 is 15.0 Å². The highest BCUT2D eigenvalue weighted by Crippen LogP contribution is 2.36. The Balaban J connectivity index is 1.31. The SMILES string of the molecule is CN(C1=N[C@@H](C(=O)OCc2ccc([N+](=O)[O-])cc2)N2C(=O)[C@H](NC(=O)COc3ccccc3)[C@@H]2SC1)c1ccccc1. The van der Waals surface area contributed by atoms with Crippen LogP contribution >= 0.6 is 11.8 Å². The number of fused-ring (bicyclic) bond motifs is 1. The van der Waals surface area contributed by atoms with E-state index in [4.69, 9.17) is 9.47 Å². The average molecular weight is 590 g/mol. The van der Waals surface area contributed by atoms with Crippen molar-refractivity contribution in [3.8, 4) is 5.75 Å². The van der Waals surface area contributed by atoms with Gasteiger partial charge in [-0.25, -0.2) is 9.79 Å². The fraction of sp³-hybridized carbons (Fsp3) is 0.241. The second kappa shape index (κ2) is 12.7. The number of hydrogen-bond acceptors (Lipinski definition) is 10. The van der Waals surface area contributed by atoms with Crippen LogP contribution in [0.1, 0.15) is 5.56 Å². The van der Waals surface area contributed by atoms with Crippen molar-refractivity contribution < 1.29 is 28.8 Å². The van der Waals surface area contributed by atoms with E-state index in [1.165, 1.54) is 40.9 Å². The summed E-state index contributed by atoms with van der Waals surface area (Å²) in [6.07, 6.45) is -1.29. The number of thioether (sulfide) groups is 1. The lowest BCUT2D eigenvalue weighted by Crippen LogP contribution is -2.72. The molecule has 13 heteroatoms. The Hall–Kier alpha value is -4.91. The third-order valence-corrected chi connectivity index (χ3v) is 7.96. The van der Waals surface area contributed by atoms with Crippen molar-refractivity contribution in [3.05, 3.63) is 101 Å². The van der Waals surface area contributed by atoms with Gasteiger partial charge in [-0.2, -0.15) is 0 Å². The Morgan fingerprint density at radius 3 is 2.40 bits per heavy atom. The minimum atomic E-state index is -1.29. The molecule has 5 rings (SSSR count). The number of ether oxygens (including phenoxy) is 2. The van der Waals surface area contributed by atoms with Crippen LogP contribution in [0.15, 0.2) is 89.9 Å². The van der Waals surface area contributed by atoms with E-state index in [-0.39, 0.29) is 18.9 Å². The minimum Gasteiger partial charge on any atom is -0.484 e. The van der Waals surface area contributed by atoms with Gasteiger partial charge >= 0.3 is 5.97 Å². The minimum absolute atomic E-state index is 0.0830. The lowest BCUT2D eigenvalue weighted by molar-refractivity contribution is -0.384. The van der Waals surface area contributed by atoms with E-state index in [0.717, 1.165) is 5.69 Å². The molecule has 2 aliphatic rings. The Kier molecular flexibility index (Phi) is 8.67. The monoisotopic (exact) mass is 589 g/mol. The maximum atomic E-state index is 13.4. The predicted octanol–water partition coefficient (Wildman–Crippen LogP) is 2.98. The van der Waals surface area contributed by atoms with Gasteiger partial charge in [0, 0.05) is 24.9 Å². The molecule has 3 aromatic rings. The molecule has 1 fully saturated rings. The molecule has 3 atom stereocenters. The Bertz CT molecular complexity index is 1490. The van der Waals surface area contributed by atoms with Crippen molar-refractivity contribution in [1.29, 1.82) is 0 Å². The van der Waals surface area contributed by atoms with E-state index >= 15 is 0 Å². The van der Waals surface area contributed by atoms with Crippen molar-refractivity contribution in [3.63, 3.8) is 0 Å². The number of carbonyl (C=O) groups is 3. The molecule has 0 aromatic heterocycles. The van der Waals surface area contributed by atoms with Crippen LogP contribution in [0.25, 0.3) is 0 Å². The number of nitro benzene ring substituents is 1. The number of para-hydroxylation sites is 2. The highest BCUT2D eigenvalue weighted by Gasteiger charge is 2.55. The fourth-order valence-corrected chi connectivity index (χ4v) is 5.77. The Morgan fingerprint density at radius 2 is 1.74 bits per heavy atom. The summed E-state index contributed by atoms with van der Waals surface area (Å²) in [6, 6.07) is 23.0. The maximum Gasteiger partial charge on any atom is 0.352 e. The third kappa shape index (κ3) is 6.36. The van der Waals surface area contributed by atoms with Gasteiger partial charge in [-0.15, -0.1) is 11.8 Å². The number of amidine groups is 1. The first kappa shape index (κ1) is 28.6. The number of hydrogen-bond donors (Lipinski definition) is 1. The zero-order valence-corrected chi connectivity index (χ0v) is 23.3. The average Bonchev–Trinajstić information content (AvgIpc) is 3.20. The molecule has 0 saturated carbocycles. The van der Waals surface area contributed by atoms with Crippen molar-refractivity contribution >= 4 is 46.8 Å². The molecule has 2 heterocycles. The lowest BCUT2D eigenvalue weighted by Gasteiger charge is -2.47. The highest BCUT2D eigenvalue weighted by molar-refractivity contribution is 8.00. The number of carbonyl (C=O) groups excluding carboxylic acids is 3. The summed E-state index contributed by atoms with van der Waals surface area (Å²) >= 11 is 1.38. The van der Waals surface area contributed by atoms with Crippen LogP contribution in [0.3, 0.4) is 0 Å². The number of amides is 2. The summed E-state index contributed by atoms with van der Waals surface area (Å²) in [4.78, 5) is 57.5. The molecule has 2 amide bonds. The van der Waals surface area contributed by atoms with Crippen molar-refractivity contribution in [2.45, 2.75) is 24.2 Å². The van der Waals surface area contributed by atoms with Gasteiger partial charge < -0.3 is 19.7 Å². The molecule has 1 N–H and O–H groups in total. The number of esters is 1. The molecule has 12 nitrogen and oxygen atoms in total. The van der Waals surface area contributed by atoms with Crippen molar-refractivity contribution in [2.75, 3.05) is 24.3 Å². The van der Waals surface area contributed by atoms with E-state index in [1.54, 1.807) is 24.3 Å². The van der Waals surface area contributed by atoms with Crippen LogP contribution in [0, 0.1) is 10.1 Å². The smallest absolute Gasteiger partial charge is 0.352 e. The van der Waals surface area contributed by atoms with Gasteiger partial charge in [0.2, 0.25) is 6.17 Å². The number of nitrogens with one attached hydrogen (secondary N) is 1. The van der Waals surface area contributed by atoms with E-state index in [1.807, 2.05) is 48.3 Å².